The van der Waals surface area contributed by atoms with Crippen LogP contribution in [0.5, 0.6) is 5.88 Å². The average molecular weight is 368 g/mol. The first-order chi connectivity index (χ1) is 13.0. The SMILES string of the molecule is CC1(C)O[C@@H]2[C@H](O1)C(COCc1ccccc1)=C[C@H]2Oc1cc(N)ccn1. The van der Waals surface area contributed by atoms with Crippen molar-refractivity contribution in [2.24, 2.45) is 0 Å². The molecule has 6 heteroatoms. The lowest BCUT2D eigenvalue weighted by Gasteiger charge is -2.21. The molecule has 1 aromatic carbocycles. The molecule has 0 bridgehead atoms. The molecule has 3 atom stereocenters. The van der Waals surface area contributed by atoms with Gasteiger partial charge in [-0.1, -0.05) is 30.3 Å². The van der Waals surface area contributed by atoms with Gasteiger partial charge in [0.05, 0.1) is 13.2 Å². The van der Waals surface area contributed by atoms with Crippen molar-refractivity contribution in [3.63, 3.8) is 0 Å². The Morgan fingerprint density at radius 1 is 1.11 bits per heavy atom. The van der Waals surface area contributed by atoms with E-state index in [4.69, 9.17) is 24.7 Å². The van der Waals surface area contributed by atoms with Crippen molar-refractivity contribution >= 4 is 5.69 Å². The zero-order valence-corrected chi connectivity index (χ0v) is 15.5. The Morgan fingerprint density at radius 2 is 1.93 bits per heavy atom. The van der Waals surface area contributed by atoms with E-state index in [1.807, 2.05) is 50.3 Å². The fourth-order valence-corrected chi connectivity index (χ4v) is 3.44. The second kappa shape index (κ2) is 7.31. The highest BCUT2D eigenvalue weighted by Crippen LogP contribution is 2.39. The van der Waals surface area contributed by atoms with Gasteiger partial charge in [0.25, 0.3) is 0 Å². The Balaban J connectivity index is 1.46. The minimum absolute atomic E-state index is 0.193. The molecule has 1 fully saturated rings. The maximum Gasteiger partial charge on any atom is 0.215 e. The van der Waals surface area contributed by atoms with E-state index in [0.29, 0.717) is 24.8 Å². The molecule has 6 nitrogen and oxygen atoms in total. The highest BCUT2D eigenvalue weighted by atomic mass is 16.8. The van der Waals surface area contributed by atoms with Crippen LogP contribution in [0, 0.1) is 0 Å². The summed E-state index contributed by atoms with van der Waals surface area (Å²) < 4.78 is 24.1. The van der Waals surface area contributed by atoms with E-state index in [0.717, 1.165) is 11.1 Å². The van der Waals surface area contributed by atoms with Gasteiger partial charge in [0.1, 0.15) is 18.3 Å². The predicted molar refractivity (Wildman–Crippen MR) is 101 cm³/mol. The van der Waals surface area contributed by atoms with Crippen molar-refractivity contribution in [1.82, 2.24) is 4.98 Å². The summed E-state index contributed by atoms with van der Waals surface area (Å²) in [4.78, 5) is 4.22. The number of anilines is 1. The molecule has 27 heavy (non-hydrogen) atoms. The van der Waals surface area contributed by atoms with Gasteiger partial charge >= 0.3 is 0 Å². The van der Waals surface area contributed by atoms with E-state index in [1.54, 1.807) is 18.3 Å². The largest absolute Gasteiger partial charge is 0.467 e. The molecule has 0 saturated carbocycles. The molecule has 1 aliphatic carbocycles. The lowest BCUT2D eigenvalue weighted by atomic mass is 10.1. The van der Waals surface area contributed by atoms with E-state index in [-0.39, 0.29) is 18.3 Å². The molecule has 2 aromatic rings. The van der Waals surface area contributed by atoms with E-state index < -0.39 is 5.79 Å². The minimum Gasteiger partial charge on any atom is -0.467 e. The van der Waals surface area contributed by atoms with Gasteiger partial charge in [-0.15, -0.1) is 0 Å². The van der Waals surface area contributed by atoms with E-state index in [9.17, 15) is 0 Å². The van der Waals surface area contributed by atoms with Crippen molar-refractivity contribution in [2.75, 3.05) is 12.3 Å². The molecule has 0 spiro atoms. The van der Waals surface area contributed by atoms with Crippen molar-refractivity contribution in [3.8, 4) is 5.88 Å². The number of nitrogens with two attached hydrogens (primary N) is 1. The van der Waals surface area contributed by atoms with Gasteiger partial charge in [-0.25, -0.2) is 4.98 Å². The van der Waals surface area contributed by atoms with Gasteiger partial charge in [-0.05, 0) is 37.1 Å². The van der Waals surface area contributed by atoms with Crippen LogP contribution < -0.4 is 10.5 Å². The molecule has 2 aliphatic rings. The van der Waals surface area contributed by atoms with Crippen LogP contribution in [0.3, 0.4) is 0 Å². The highest BCUT2D eigenvalue weighted by molar-refractivity contribution is 5.40. The van der Waals surface area contributed by atoms with Crippen LogP contribution in [0.25, 0.3) is 0 Å². The van der Waals surface area contributed by atoms with Crippen LogP contribution >= 0.6 is 0 Å². The monoisotopic (exact) mass is 368 g/mol. The summed E-state index contributed by atoms with van der Waals surface area (Å²) in [7, 11) is 0. The van der Waals surface area contributed by atoms with Crippen LogP contribution in [-0.4, -0.2) is 35.7 Å². The van der Waals surface area contributed by atoms with Gasteiger partial charge in [0, 0.05) is 18.0 Å². The number of pyridine rings is 1. The number of fused-ring (bicyclic) bond motifs is 1. The molecule has 1 aromatic heterocycles. The summed E-state index contributed by atoms with van der Waals surface area (Å²) in [6.45, 7) is 4.81. The molecule has 2 N–H and O–H groups in total. The number of nitrogen functional groups attached to an aromatic ring is 1. The van der Waals surface area contributed by atoms with Crippen LogP contribution in [0.4, 0.5) is 5.69 Å². The quantitative estimate of drug-likeness (QED) is 0.790. The maximum absolute atomic E-state index is 6.08. The van der Waals surface area contributed by atoms with Crippen molar-refractivity contribution < 1.29 is 18.9 Å². The summed E-state index contributed by atoms with van der Waals surface area (Å²) in [6, 6.07) is 13.5. The molecule has 0 unspecified atom stereocenters. The smallest absolute Gasteiger partial charge is 0.215 e. The minimum atomic E-state index is -0.668. The standard InChI is InChI=1S/C21H24N2O4/c1-21(2)26-19-15(13-24-12-14-6-4-3-5-7-14)10-17(20(19)27-21)25-18-11-16(22)8-9-23-18/h3-11,17,19-20H,12-13H2,1-2H3,(H2,22,23)/t17-,19-,20+/m1/s1. The van der Waals surface area contributed by atoms with Crippen LogP contribution in [0.1, 0.15) is 19.4 Å². The first-order valence-electron chi connectivity index (χ1n) is 9.06. The third-order valence-electron chi connectivity index (χ3n) is 4.59. The first kappa shape index (κ1) is 18.0. The van der Waals surface area contributed by atoms with Crippen LogP contribution in [0.2, 0.25) is 0 Å². The molecule has 0 radical (unpaired) electrons. The van der Waals surface area contributed by atoms with Crippen molar-refractivity contribution in [1.29, 1.82) is 0 Å². The van der Waals surface area contributed by atoms with Gasteiger partial charge in [-0.2, -0.15) is 0 Å². The first-order valence-corrected chi connectivity index (χ1v) is 9.06. The maximum atomic E-state index is 6.08. The Kier molecular flexibility index (Phi) is 4.86. The molecule has 1 saturated heterocycles. The van der Waals surface area contributed by atoms with Gasteiger partial charge in [0.15, 0.2) is 5.79 Å². The fraction of sp³-hybridized carbons (Fsp3) is 0.381. The van der Waals surface area contributed by atoms with Gasteiger partial charge in [0.2, 0.25) is 5.88 Å². The Morgan fingerprint density at radius 3 is 2.70 bits per heavy atom. The normalized spacial score (nSPS) is 25.9. The summed E-state index contributed by atoms with van der Waals surface area (Å²) in [5, 5.41) is 0. The summed E-state index contributed by atoms with van der Waals surface area (Å²) in [5.41, 5.74) is 8.58. The molecule has 2 heterocycles. The zero-order chi connectivity index (χ0) is 18.9. The molecule has 142 valence electrons. The summed E-state index contributed by atoms with van der Waals surface area (Å²) in [5.74, 6) is -0.200. The van der Waals surface area contributed by atoms with E-state index in [1.165, 1.54) is 0 Å². The van der Waals surface area contributed by atoms with Crippen molar-refractivity contribution in [2.45, 2.75) is 44.6 Å². The predicted octanol–water partition coefficient (Wildman–Crippen LogP) is 3.09. The Hall–Kier alpha value is -2.41. The Bertz CT molecular complexity index is 822. The molecule has 0 amide bonds. The topological polar surface area (TPSA) is 75.8 Å². The van der Waals surface area contributed by atoms with Crippen LogP contribution in [0.15, 0.2) is 60.3 Å². The molecule has 4 rings (SSSR count). The zero-order valence-electron chi connectivity index (χ0n) is 15.5. The van der Waals surface area contributed by atoms with Gasteiger partial charge in [-0.3, -0.25) is 0 Å². The number of benzene rings is 1. The third kappa shape index (κ3) is 4.13. The number of hydrogen-bond acceptors (Lipinski definition) is 6. The average Bonchev–Trinajstić information content (AvgIpc) is 3.10. The Labute approximate surface area is 158 Å². The molecular weight excluding hydrogens is 344 g/mol. The number of nitrogens with zero attached hydrogens (tertiary/aromatic N) is 1. The number of aromatic nitrogens is 1. The molecule has 1 aliphatic heterocycles. The van der Waals surface area contributed by atoms with E-state index in [2.05, 4.69) is 4.98 Å². The van der Waals surface area contributed by atoms with Crippen molar-refractivity contribution in [3.05, 3.63) is 65.9 Å². The fourth-order valence-electron chi connectivity index (χ4n) is 3.44. The molecular formula is C21H24N2O4. The summed E-state index contributed by atoms with van der Waals surface area (Å²) >= 11 is 0. The van der Waals surface area contributed by atoms with Crippen LogP contribution in [-0.2, 0) is 20.8 Å². The number of rotatable bonds is 6. The lowest BCUT2D eigenvalue weighted by Crippen LogP contribution is -2.34. The summed E-state index contributed by atoms with van der Waals surface area (Å²) in [6.07, 6.45) is 2.91. The number of ether oxygens (including phenoxy) is 4. The second-order valence-corrected chi connectivity index (χ2v) is 7.25. The highest BCUT2D eigenvalue weighted by Gasteiger charge is 2.51. The number of hydrogen-bond donors (Lipinski definition) is 1. The third-order valence-corrected chi connectivity index (χ3v) is 4.59. The lowest BCUT2D eigenvalue weighted by molar-refractivity contribution is -0.152. The second-order valence-electron chi connectivity index (χ2n) is 7.25. The van der Waals surface area contributed by atoms with Gasteiger partial charge < -0.3 is 24.7 Å². The van der Waals surface area contributed by atoms with E-state index >= 15 is 0 Å².